The van der Waals surface area contributed by atoms with Gasteiger partial charge in [0, 0.05) is 31.7 Å². The van der Waals surface area contributed by atoms with Gasteiger partial charge in [0.2, 0.25) is 0 Å². The summed E-state index contributed by atoms with van der Waals surface area (Å²) in [6.45, 7) is 6.07. The third-order valence-corrected chi connectivity index (χ3v) is 2.96. The van der Waals surface area contributed by atoms with Crippen molar-refractivity contribution in [2.24, 2.45) is 0 Å². The lowest BCUT2D eigenvalue weighted by Gasteiger charge is -2.42. The highest BCUT2D eigenvalue weighted by Crippen LogP contribution is 2.23. The largest absolute Gasteiger partial charge is 0.437 e. The maximum Gasteiger partial charge on any atom is 0.425 e. The van der Waals surface area contributed by atoms with Crippen molar-refractivity contribution in [1.29, 1.82) is 0 Å². The summed E-state index contributed by atoms with van der Waals surface area (Å²) < 4.78 is 56.8. The monoisotopic (exact) mass is 284 g/mol. The summed E-state index contributed by atoms with van der Waals surface area (Å²) in [7, 11) is 0. The van der Waals surface area contributed by atoms with Crippen molar-refractivity contribution < 1.29 is 25.4 Å². The number of carbonyl (C=O) groups excluding carboxylic acids is 1. The van der Waals surface area contributed by atoms with Gasteiger partial charge in [-0.25, -0.2) is 4.79 Å². The molecule has 7 heteroatoms. The molecule has 1 aliphatic heterocycles. The van der Waals surface area contributed by atoms with Crippen LogP contribution in [0.25, 0.3) is 0 Å². The molecule has 1 fully saturated rings. The predicted octanol–water partition coefficient (Wildman–Crippen LogP) is 2.49. The van der Waals surface area contributed by atoms with Crippen LogP contribution in [0.15, 0.2) is 0 Å². The zero-order chi connectivity index (χ0) is 16.6. The molecule has 1 aliphatic rings. The molecule has 0 saturated carbocycles. The van der Waals surface area contributed by atoms with Crippen molar-refractivity contribution in [1.82, 2.24) is 9.80 Å². The Morgan fingerprint density at radius 1 is 1.32 bits per heavy atom. The average Bonchev–Trinajstić information content (AvgIpc) is 2.24. The lowest BCUT2D eigenvalue weighted by atomic mass is 10.1. The maximum atomic E-state index is 12.5. The van der Waals surface area contributed by atoms with Crippen LogP contribution >= 0.6 is 0 Å². The standard InChI is InChI=1S/C12H21F3N2O2/c1-9(12(13,14)15)19-10(18)16-5-7-17(8-6-16)11(2,3)4/h9H,5-8H2,1-4H3/i5D,9D. The lowest BCUT2D eigenvalue weighted by molar-refractivity contribution is -0.200. The molecule has 0 aliphatic carbocycles. The van der Waals surface area contributed by atoms with E-state index in [4.69, 9.17) is 2.74 Å². The average molecular weight is 284 g/mol. The van der Waals surface area contributed by atoms with Crippen LogP contribution in [0.3, 0.4) is 0 Å². The Morgan fingerprint density at radius 3 is 2.32 bits per heavy atom. The second-order valence-electron chi connectivity index (χ2n) is 5.41. The van der Waals surface area contributed by atoms with Gasteiger partial charge < -0.3 is 9.64 Å². The quantitative estimate of drug-likeness (QED) is 0.741. The van der Waals surface area contributed by atoms with Crippen LogP contribution in [0.2, 0.25) is 0 Å². The molecule has 0 aromatic rings. The molecule has 2 unspecified atom stereocenters. The van der Waals surface area contributed by atoms with E-state index in [0.29, 0.717) is 13.5 Å². The van der Waals surface area contributed by atoms with Gasteiger partial charge >= 0.3 is 12.3 Å². The Morgan fingerprint density at radius 2 is 1.89 bits per heavy atom. The maximum absolute atomic E-state index is 12.5. The summed E-state index contributed by atoms with van der Waals surface area (Å²) in [5.74, 6) is 0. The van der Waals surface area contributed by atoms with Crippen LogP contribution < -0.4 is 0 Å². The number of hydrogen-bond acceptors (Lipinski definition) is 3. The molecule has 0 bridgehead atoms. The summed E-state index contributed by atoms with van der Waals surface area (Å²) in [4.78, 5) is 14.7. The number of alkyl halides is 3. The van der Waals surface area contributed by atoms with Gasteiger partial charge in [0.15, 0.2) is 6.08 Å². The second-order valence-corrected chi connectivity index (χ2v) is 5.41. The van der Waals surface area contributed by atoms with Crippen LogP contribution in [0.4, 0.5) is 18.0 Å². The van der Waals surface area contributed by atoms with Gasteiger partial charge in [0.05, 0.1) is 2.74 Å². The van der Waals surface area contributed by atoms with Gasteiger partial charge in [-0.05, 0) is 27.7 Å². The molecule has 0 aromatic carbocycles. The molecule has 0 radical (unpaired) electrons. The Labute approximate surface area is 114 Å². The topological polar surface area (TPSA) is 32.8 Å². The first kappa shape index (κ1) is 13.0. The second kappa shape index (κ2) is 5.56. The zero-order valence-corrected chi connectivity index (χ0v) is 11.5. The number of piperazine rings is 1. The van der Waals surface area contributed by atoms with E-state index in [1.54, 1.807) is 0 Å². The third-order valence-electron chi connectivity index (χ3n) is 2.96. The number of ether oxygens (including phenoxy) is 1. The van der Waals surface area contributed by atoms with E-state index in [1.807, 2.05) is 25.7 Å². The van der Waals surface area contributed by atoms with Gasteiger partial charge in [-0.3, -0.25) is 4.90 Å². The Bertz CT molecular complexity index is 397. The molecule has 0 spiro atoms. The van der Waals surface area contributed by atoms with Gasteiger partial charge in [-0.2, -0.15) is 13.2 Å². The smallest absolute Gasteiger partial charge is 0.425 e. The third kappa shape index (κ3) is 4.56. The van der Waals surface area contributed by atoms with E-state index in [-0.39, 0.29) is 18.6 Å². The number of carbonyl (C=O) groups is 1. The van der Waals surface area contributed by atoms with Crippen LogP contribution in [-0.2, 0) is 4.74 Å². The van der Waals surface area contributed by atoms with Gasteiger partial charge in [-0.1, -0.05) is 0 Å². The van der Waals surface area contributed by atoms with Crippen molar-refractivity contribution in [3.05, 3.63) is 0 Å². The number of rotatable bonds is 1. The fourth-order valence-corrected chi connectivity index (χ4v) is 1.63. The van der Waals surface area contributed by atoms with E-state index in [0.717, 1.165) is 4.90 Å². The first-order valence-corrected chi connectivity index (χ1v) is 5.99. The fourth-order valence-electron chi connectivity index (χ4n) is 1.63. The van der Waals surface area contributed by atoms with E-state index in [9.17, 15) is 18.0 Å². The van der Waals surface area contributed by atoms with Crippen molar-refractivity contribution >= 4 is 6.09 Å². The summed E-state index contributed by atoms with van der Waals surface area (Å²) in [6, 6.07) is 0. The Kier molecular flexibility index (Phi) is 3.81. The van der Waals surface area contributed by atoms with Gasteiger partial charge in [0.1, 0.15) is 0 Å². The van der Waals surface area contributed by atoms with E-state index < -0.39 is 24.9 Å². The van der Waals surface area contributed by atoms with Crippen molar-refractivity contribution in [3.63, 3.8) is 0 Å². The molecule has 1 heterocycles. The number of nitrogens with zero attached hydrogens (tertiary/aromatic N) is 2. The number of amides is 1. The highest BCUT2D eigenvalue weighted by Gasteiger charge is 2.40. The predicted molar refractivity (Wildman–Crippen MR) is 64.9 cm³/mol. The summed E-state index contributed by atoms with van der Waals surface area (Å²) >= 11 is 0. The van der Waals surface area contributed by atoms with E-state index in [1.165, 1.54) is 0 Å². The molecular formula is C12H21F3N2O2. The molecule has 1 saturated heterocycles. The van der Waals surface area contributed by atoms with Gasteiger partial charge in [0.25, 0.3) is 0 Å². The normalized spacial score (nSPS) is 27.3. The summed E-state index contributed by atoms with van der Waals surface area (Å²) in [5, 5.41) is 0. The highest BCUT2D eigenvalue weighted by atomic mass is 19.4. The Hall–Kier alpha value is -0.980. The van der Waals surface area contributed by atoms with Crippen LogP contribution in [0.5, 0.6) is 0 Å². The molecule has 19 heavy (non-hydrogen) atoms. The molecule has 1 rings (SSSR count). The van der Waals surface area contributed by atoms with Crippen LogP contribution in [0, 0.1) is 0 Å². The summed E-state index contributed by atoms with van der Waals surface area (Å²) in [5.41, 5.74) is -0.189. The molecule has 4 nitrogen and oxygen atoms in total. The first-order chi connectivity index (χ1) is 9.25. The lowest BCUT2D eigenvalue weighted by Crippen LogP contribution is -2.55. The van der Waals surface area contributed by atoms with Crippen molar-refractivity contribution in [2.45, 2.75) is 45.5 Å². The van der Waals surface area contributed by atoms with Crippen molar-refractivity contribution in [2.75, 3.05) is 26.2 Å². The summed E-state index contributed by atoms with van der Waals surface area (Å²) in [6.07, 6.45) is -9.57. The number of halogens is 3. The minimum absolute atomic E-state index is 0.0954. The highest BCUT2D eigenvalue weighted by molar-refractivity contribution is 5.68. The van der Waals surface area contributed by atoms with E-state index >= 15 is 0 Å². The number of hydrogen-bond donors (Lipinski definition) is 0. The van der Waals surface area contributed by atoms with Crippen LogP contribution in [-0.4, -0.2) is 59.8 Å². The van der Waals surface area contributed by atoms with Crippen molar-refractivity contribution in [3.8, 4) is 0 Å². The molecule has 0 aromatic heterocycles. The molecule has 0 N–H and O–H groups in total. The minimum Gasteiger partial charge on any atom is -0.437 e. The molecule has 2 atom stereocenters. The fraction of sp³-hybridized carbons (Fsp3) is 0.917. The van der Waals surface area contributed by atoms with Gasteiger partial charge in [-0.15, -0.1) is 0 Å². The molecule has 112 valence electrons. The molecular weight excluding hydrogens is 261 g/mol. The SMILES string of the molecule is [2H]C1CN(C(C)(C)C)CCN1C(=O)OC([2H])(C)C(F)(F)F. The Balaban J connectivity index is 2.70. The zero-order valence-electron chi connectivity index (χ0n) is 13.5. The minimum atomic E-state index is -4.98. The van der Waals surface area contributed by atoms with E-state index in [2.05, 4.69) is 4.74 Å². The molecule has 1 amide bonds. The van der Waals surface area contributed by atoms with Crippen LogP contribution in [0.1, 0.15) is 30.4 Å². The first-order valence-electron chi connectivity index (χ1n) is 7.07.